The highest BCUT2D eigenvalue weighted by Gasteiger charge is 2.31. The van der Waals surface area contributed by atoms with Crippen LogP contribution in [0.25, 0.3) is 0 Å². The van der Waals surface area contributed by atoms with Crippen LogP contribution in [-0.4, -0.2) is 36.4 Å². The van der Waals surface area contributed by atoms with Crippen LogP contribution < -0.4 is 19.9 Å². The minimum atomic E-state index is -1.27. The second-order valence-electron chi connectivity index (χ2n) is 6.40. The zero-order valence-corrected chi connectivity index (χ0v) is 15.9. The van der Waals surface area contributed by atoms with E-state index in [1.54, 1.807) is 0 Å². The molecule has 25 heavy (non-hydrogen) atoms. The van der Waals surface area contributed by atoms with Gasteiger partial charge >= 0.3 is 5.97 Å². The second-order valence-corrected chi connectivity index (χ2v) is 6.40. The van der Waals surface area contributed by atoms with Crippen molar-refractivity contribution in [3.63, 3.8) is 0 Å². The molecule has 0 spiro atoms. The van der Waals surface area contributed by atoms with Gasteiger partial charge in [0.2, 0.25) is 0 Å². The molecule has 0 bridgehead atoms. The van der Waals surface area contributed by atoms with Crippen LogP contribution in [0.5, 0.6) is 17.2 Å². The maximum absolute atomic E-state index is 11.3. The van der Waals surface area contributed by atoms with Crippen molar-refractivity contribution in [2.75, 3.05) is 19.8 Å². The summed E-state index contributed by atoms with van der Waals surface area (Å²) in [5.41, 5.74) is 5.52. The summed E-state index contributed by atoms with van der Waals surface area (Å²) in [5.74, 6) is 1.09. The molecule has 3 N–H and O–H groups in total. The first-order valence-corrected chi connectivity index (χ1v) is 8.83. The lowest BCUT2D eigenvalue weighted by Gasteiger charge is -2.25. The van der Waals surface area contributed by atoms with E-state index in [2.05, 4.69) is 0 Å². The van der Waals surface area contributed by atoms with Crippen molar-refractivity contribution in [3.8, 4) is 17.2 Å². The van der Waals surface area contributed by atoms with Crippen molar-refractivity contribution in [2.24, 2.45) is 11.7 Å². The van der Waals surface area contributed by atoms with E-state index in [0.29, 0.717) is 44.2 Å². The molecule has 0 aliphatic carbocycles. The number of nitrogens with two attached hydrogens (primary N) is 1. The number of benzene rings is 1. The molecule has 1 rings (SSSR count). The zero-order valence-electron chi connectivity index (χ0n) is 15.9. The van der Waals surface area contributed by atoms with Crippen molar-refractivity contribution >= 4 is 5.97 Å². The van der Waals surface area contributed by atoms with Gasteiger partial charge in [-0.15, -0.1) is 0 Å². The van der Waals surface area contributed by atoms with Gasteiger partial charge in [-0.05, 0) is 58.6 Å². The molecule has 2 unspecified atom stereocenters. The lowest BCUT2D eigenvalue weighted by molar-refractivity contribution is -0.143. The SMILES string of the molecule is CCOc1ccc(OCC)c(OCC)c1CC(C)CC(C)(N)C(=O)O. The maximum atomic E-state index is 11.3. The largest absolute Gasteiger partial charge is 0.493 e. The summed E-state index contributed by atoms with van der Waals surface area (Å²) in [6, 6.07) is 3.72. The van der Waals surface area contributed by atoms with E-state index in [1.807, 2.05) is 39.8 Å². The van der Waals surface area contributed by atoms with Crippen LogP contribution in [0.4, 0.5) is 0 Å². The molecule has 0 fully saturated rings. The van der Waals surface area contributed by atoms with Gasteiger partial charge in [-0.25, -0.2) is 0 Å². The highest BCUT2D eigenvalue weighted by atomic mass is 16.5. The standard InChI is InChI=1S/C19H31NO5/c1-6-23-15-9-10-16(24-7-2)17(25-8-3)14(15)11-13(4)12-19(5,20)18(21)22/h9-10,13H,6-8,11-12,20H2,1-5H3,(H,21,22). The Hall–Kier alpha value is -1.95. The van der Waals surface area contributed by atoms with Gasteiger partial charge in [0.1, 0.15) is 11.3 Å². The Balaban J connectivity index is 3.19. The molecule has 1 aromatic rings. The molecule has 142 valence electrons. The Bertz CT molecular complexity index is 571. The molecule has 0 heterocycles. The Morgan fingerprint density at radius 2 is 1.64 bits per heavy atom. The van der Waals surface area contributed by atoms with Crippen LogP contribution in [-0.2, 0) is 11.2 Å². The summed E-state index contributed by atoms with van der Waals surface area (Å²) < 4.78 is 17.3. The topological polar surface area (TPSA) is 91.0 Å². The fourth-order valence-electron chi connectivity index (χ4n) is 2.88. The van der Waals surface area contributed by atoms with Crippen LogP contribution in [0.2, 0.25) is 0 Å². The second kappa shape index (κ2) is 9.51. The number of ether oxygens (including phenoxy) is 3. The number of rotatable bonds is 11. The van der Waals surface area contributed by atoms with E-state index < -0.39 is 11.5 Å². The third kappa shape index (κ3) is 5.81. The molecule has 1 aromatic carbocycles. The van der Waals surface area contributed by atoms with Gasteiger partial charge in [0, 0.05) is 5.56 Å². The minimum absolute atomic E-state index is 0.0291. The maximum Gasteiger partial charge on any atom is 0.323 e. The predicted octanol–water partition coefficient (Wildman–Crippen LogP) is 3.25. The van der Waals surface area contributed by atoms with E-state index in [9.17, 15) is 9.90 Å². The lowest BCUT2D eigenvalue weighted by Crippen LogP contribution is -2.46. The summed E-state index contributed by atoms with van der Waals surface area (Å²) in [6.07, 6.45) is 0.935. The first kappa shape index (κ1) is 21.1. The monoisotopic (exact) mass is 353 g/mol. The molecular weight excluding hydrogens is 322 g/mol. The lowest BCUT2D eigenvalue weighted by atomic mass is 9.86. The highest BCUT2D eigenvalue weighted by Crippen LogP contribution is 2.40. The van der Waals surface area contributed by atoms with Crippen molar-refractivity contribution in [1.29, 1.82) is 0 Å². The molecule has 0 saturated carbocycles. The van der Waals surface area contributed by atoms with E-state index in [-0.39, 0.29) is 5.92 Å². The van der Waals surface area contributed by atoms with E-state index in [4.69, 9.17) is 19.9 Å². The minimum Gasteiger partial charge on any atom is -0.493 e. The van der Waals surface area contributed by atoms with Crippen molar-refractivity contribution in [2.45, 2.75) is 53.0 Å². The predicted molar refractivity (Wildman–Crippen MR) is 97.7 cm³/mol. The molecular formula is C19H31NO5. The van der Waals surface area contributed by atoms with Gasteiger partial charge in [-0.2, -0.15) is 0 Å². The quantitative estimate of drug-likeness (QED) is 0.634. The van der Waals surface area contributed by atoms with Gasteiger partial charge in [0.15, 0.2) is 11.5 Å². The normalized spacial score (nSPS) is 14.5. The van der Waals surface area contributed by atoms with Crippen LogP contribution in [0.1, 0.15) is 46.6 Å². The van der Waals surface area contributed by atoms with Gasteiger partial charge in [-0.3, -0.25) is 4.79 Å². The summed E-state index contributed by atoms with van der Waals surface area (Å²) in [7, 11) is 0. The average Bonchev–Trinajstić information content (AvgIpc) is 2.52. The third-order valence-corrected chi connectivity index (χ3v) is 3.88. The van der Waals surface area contributed by atoms with Gasteiger partial charge in [0.25, 0.3) is 0 Å². The Morgan fingerprint density at radius 3 is 2.16 bits per heavy atom. The Kier molecular flexibility index (Phi) is 8.03. The fraction of sp³-hybridized carbons (Fsp3) is 0.632. The molecule has 0 aliphatic heterocycles. The van der Waals surface area contributed by atoms with E-state index in [1.165, 1.54) is 6.92 Å². The molecule has 6 nitrogen and oxygen atoms in total. The van der Waals surface area contributed by atoms with Crippen molar-refractivity contribution in [3.05, 3.63) is 17.7 Å². The molecule has 0 amide bonds. The first-order chi connectivity index (χ1) is 11.8. The van der Waals surface area contributed by atoms with Crippen molar-refractivity contribution < 1.29 is 24.1 Å². The first-order valence-electron chi connectivity index (χ1n) is 8.83. The van der Waals surface area contributed by atoms with Crippen molar-refractivity contribution in [1.82, 2.24) is 0 Å². The molecule has 0 aliphatic rings. The molecule has 0 saturated heterocycles. The smallest absolute Gasteiger partial charge is 0.323 e. The Labute approximate surface area is 150 Å². The zero-order chi connectivity index (χ0) is 19.0. The van der Waals surface area contributed by atoms with Crippen LogP contribution in [0.3, 0.4) is 0 Å². The number of carboxylic acids is 1. The molecule has 0 radical (unpaired) electrons. The van der Waals surface area contributed by atoms with E-state index >= 15 is 0 Å². The van der Waals surface area contributed by atoms with Gasteiger partial charge in [0.05, 0.1) is 19.8 Å². The van der Waals surface area contributed by atoms with Crippen LogP contribution in [0.15, 0.2) is 12.1 Å². The third-order valence-electron chi connectivity index (χ3n) is 3.88. The van der Waals surface area contributed by atoms with Gasteiger partial charge < -0.3 is 25.1 Å². The summed E-state index contributed by atoms with van der Waals surface area (Å²) in [6.45, 7) is 10.8. The Morgan fingerprint density at radius 1 is 1.12 bits per heavy atom. The number of carbonyl (C=O) groups is 1. The van der Waals surface area contributed by atoms with Crippen LogP contribution >= 0.6 is 0 Å². The molecule has 2 atom stereocenters. The van der Waals surface area contributed by atoms with E-state index in [0.717, 1.165) is 11.3 Å². The number of carboxylic acid groups (broad SMARTS) is 1. The number of hydrogen-bond acceptors (Lipinski definition) is 5. The average molecular weight is 353 g/mol. The van der Waals surface area contributed by atoms with Crippen LogP contribution in [0, 0.1) is 5.92 Å². The summed E-state index contributed by atoms with van der Waals surface area (Å²) >= 11 is 0. The number of hydrogen-bond donors (Lipinski definition) is 2. The molecule has 6 heteroatoms. The fourth-order valence-corrected chi connectivity index (χ4v) is 2.88. The number of aliphatic carboxylic acids is 1. The molecule has 0 aromatic heterocycles. The highest BCUT2D eigenvalue weighted by molar-refractivity contribution is 5.77. The van der Waals surface area contributed by atoms with Gasteiger partial charge in [-0.1, -0.05) is 6.92 Å². The summed E-state index contributed by atoms with van der Waals surface area (Å²) in [5, 5.41) is 9.25. The summed E-state index contributed by atoms with van der Waals surface area (Å²) in [4.78, 5) is 11.3.